The van der Waals surface area contributed by atoms with E-state index in [-0.39, 0.29) is 12.4 Å². The summed E-state index contributed by atoms with van der Waals surface area (Å²) in [5, 5.41) is 9.13. The summed E-state index contributed by atoms with van der Waals surface area (Å²) in [6.07, 6.45) is 2.20. The van der Waals surface area contributed by atoms with Crippen molar-refractivity contribution in [3.05, 3.63) is 59.9 Å². The van der Waals surface area contributed by atoms with Crippen LogP contribution in [0.15, 0.2) is 48.7 Å². The Hall–Kier alpha value is -1.91. The van der Waals surface area contributed by atoms with Gasteiger partial charge in [0.2, 0.25) is 0 Å². The number of nitrogens with one attached hydrogen (secondary N) is 1. The van der Waals surface area contributed by atoms with Crippen molar-refractivity contribution in [3.8, 4) is 0 Å². The van der Waals surface area contributed by atoms with Gasteiger partial charge in [0.15, 0.2) is 5.78 Å². The van der Waals surface area contributed by atoms with E-state index in [0.717, 1.165) is 6.54 Å². The summed E-state index contributed by atoms with van der Waals surface area (Å²) in [6.45, 7) is 2.07. The lowest BCUT2D eigenvalue weighted by molar-refractivity contribution is 0.0950. The number of benzene rings is 1. The molecule has 0 fully saturated rings. The lowest BCUT2D eigenvalue weighted by Gasteiger charge is -2.20. The SMILES string of the molecule is O=C(CCN(CCO)Cc1ccccc1)c1ccc[nH]1. The monoisotopic (exact) mass is 272 g/mol. The first-order chi connectivity index (χ1) is 9.79. The fourth-order valence-electron chi connectivity index (χ4n) is 2.15. The number of aromatic nitrogens is 1. The molecule has 0 radical (unpaired) electrons. The second-order valence-corrected chi connectivity index (χ2v) is 4.74. The molecule has 0 aliphatic rings. The molecular formula is C16H20N2O2. The maximum Gasteiger partial charge on any atom is 0.180 e. The Bertz CT molecular complexity index is 509. The Morgan fingerprint density at radius 2 is 1.90 bits per heavy atom. The van der Waals surface area contributed by atoms with Crippen molar-refractivity contribution in [2.24, 2.45) is 0 Å². The van der Waals surface area contributed by atoms with Crippen molar-refractivity contribution in [2.45, 2.75) is 13.0 Å². The summed E-state index contributed by atoms with van der Waals surface area (Å²) >= 11 is 0. The normalized spacial score (nSPS) is 10.9. The Labute approximate surface area is 119 Å². The van der Waals surface area contributed by atoms with E-state index in [9.17, 15) is 4.79 Å². The maximum atomic E-state index is 11.9. The highest BCUT2D eigenvalue weighted by Crippen LogP contribution is 2.07. The van der Waals surface area contributed by atoms with Gasteiger partial charge in [0.05, 0.1) is 12.3 Å². The van der Waals surface area contributed by atoms with E-state index < -0.39 is 0 Å². The minimum Gasteiger partial charge on any atom is -0.395 e. The lowest BCUT2D eigenvalue weighted by atomic mass is 10.2. The Balaban J connectivity index is 1.87. The minimum atomic E-state index is 0.101. The molecule has 2 rings (SSSR count). The third kappa shape index (κ3) is 4.33. The van der Waals surface area contributed by atoms with Gasteiger partial charge in [-0.25, -0.2) is 0 Å². The van der Waals surface area contributed by atoms with Gasteiger partial charge in [-0.15, -0.1) is 0 Å². The standard InChI is InChI=1S/C16H20N2O2/c19-12-11-18(13-14-5-2-1-3-6-14)10-8-16(20)15-7-4-9-17-15/h1-7,9,17,19H,8,10-13H2. The molecule has 106 valence electrons. The molecule has 4 nitrogen and oxygen atoms in total. The summed E-state index contributed by atoms with van der Waals surface area (Å²) in [5.74, 6) is 0.103. The highest BCUT2D eigenvalue weighted by Gasteiger charge is 2.10. The van der Waals surface area contributed by atoms with Crippen LogP contribution in [0.3, 0.4) is 0 Å². The van der Waals surface area contributed by atoms with Crippen LogP contribution in [-0.2, 0) is 6.54 Å². The number of H-pyrrole nitrogens is 1. The van der Waals surface area contributed by atoms with E-state index in [4.69, 9.17) is 5.11 Å². The quantitative estimate of drug-likeness (QED) is 0.723. The van der Waals surface area contributed by atoms with Crippen molar-refractivity contribution < 1.29 is 9.90 Å². The number of carbonyl (C=O) groups is 1. The van der Waals surface area contributed by atoms with E-state index in [0.29, 0.717) is 25.2 Å². The van der Waals surface area contributed by atoms with E-state index in [1.807, 2.05) is 24.3 Å². The largest absolute Gasteiger partial charge is 0.395 e. The molecule has 0 amide bonds. The van der Waals surface area contributed by atoms with Crippen LogP contribution in [-0.4, -0.2) is 40.5 Å². The van der Waals surface area contributed by atoms with Gasteiger partial charge in [-0.3, -0.25) is 9.69 Å². The third-order valence-corrected chi connectivity index (χ3v) is 3.22. The second kappa shape index (κ2) is 7.62. The van der Waals surface area contributed by atoms with E-state index in [1.54, 1.807) is 12.3 Å². The van der Waals surface area contributed by atoms with E-state index in [2.05, 4.69) is 22.0 Å². The fourth-order valence-corrected chi connectivity index (χ4v) is 2.15. The van der Waals surface area contributed by atoms with Gasteiger partial charge >= 0.3 is 0 Å². The van der Waals surface area contributed by atoms with Crippen LogP contribution in [0.1, 0.15) is 22.5 Å². The maximum absolute atomic E-state index is 11.9. The summed E-state index contributed by atoms with van der Waals surface area (Å²) in [5.41, 5.74) is 1.84. The number of aromatic amines is 1. The zero-order valence-electron chi connectivity index (χ0n) is 11.5. The van der Waals surface area contributed by atoms with Crippen LogP contribution >= 0.6 is 0 Å². The smallest absolute Gasteiger partial charge is 0.180 e. The number of carbonyl (C=O) groups excluding carboxylic acids is 1. The predicted octanol–water partition coefficient (Wildman–Crippen LogP) is 2.08. The Morgan fingerprint density at radius 1 is 1.10 bits per heavy atom. The lowest BCUT2D eigenvalue weighted by Crippen LogP contribution is -2.29. The van der Waals surface area contributed by atoms with Gasteiger partial charge in [0, 0.05) is 32.3 Å². The Morgan fingerprint density at radius 3 is 2.55 bits per heavy atom. The number of hydrogen-bond donors (Lipinski definition) is 2. The van der Waals surface area contributed by atoms with Crippen LogP contribution in [0.25, 0.3) is 0 Å². The first-order valence-electron chi connectivity index (χ1n) is 6.83. The molecule has 1 aromatic heterocycles. The summed E-state index contributed by atoms with van der Waals surface area (Å²) in [7, 11) is 0. The van der Waals surface area contributed by atoms with Crippen molar-refractivity contribution in [3.63, 3.8) is 0 Å². The van der Waals surface area contributed by atoms with Gasteiger partial charge in [-0.2, -0.15) is 0 Å². The molecule has 2 N–H and O–H groups in total. The molecule has 0 saturated carbocycles. The van der Waals surface area contributed by atoms with Crippen LogP contribution in [0.5, 0.6) is 0 Å². The molecule has 2 aromatic rings. The highest BCUT2D eigenvalue weighted by atomic mass is 16.3. The predicted molar refractivity (Wildman–Crippen MR) is 78.5 cm³/mol. The molecule has 0 aliphatic carbocycles. The summed E-state index contributed by atoms with van der Waals surface area (Å²) < 4.78 is 0. The molecule has 0 atom stereocenters. The topological polar surface area (TPSA) is 56.3 Å². The number of ketones is 1. The number of rotatable bonds is 8. The molecule has 0 spiro atoms. The Kier molecular flexibility index (Phi) is 5.53. The van der Waals surface area contributed by atoms with Gasteiger partial charge in [-0.1, -0.05) is 30.3 Å². The fraction of sp³-hybridized carbons (Fsp3) is 0.312. The average molecular weight is 272 g/mol. The first-order valence-corrected chi connectivity index (χ1v) is 6.83. The number of Topliss-reactive ketones (excluding diaryl/α,β-unsaturated/α-hetero) is 1. The zero-order valence-corrected chi connectivity index (χ0v) is 11.5. The molecule has 1 heterocycles. The van der Waals surface area contributed by atoms with Crippen molar-refractivity contribution in [1.82, 2.24) is 9.88 Å². The van der Waals surface area contributed by atoms with Gasteiger partial charge < -0.3 is 10.1 Å². The number of nitrogens with zero attached hydrogens (tertiary/aromatic N) is 1. The molecule has 0 bridgehead atoms. The zero-order chi connectivity index (χ0) is 14.2. The minimum absolute atomic E-state index is 0.101. The van der Waals surface area contributed by atoms with Crippen LogP contribution in [0.4, 0.5) is 0 Å². The molecule has 20 heavy (non-hydrogen) atoms. The highest BCUT2D eigenvalue weighted by molar-refractivity contribution is 5.94. The van der Waals surface area contributed by atoms with Crippen LogP contribution in [0.2, 0.25) is 0 Å². The molecular weight excluding hydrogens is 252 g/mol. The average Bonchev–Trinajstić information content (AvgIpc) is 3.00. The molecule has 0 saturated heterocycles. The third-order valence-electron chi connectivity index (χ3n) is 3.22. The molecule has 0 aliphatic heterocycles. The van der Waals surface area contributed by atoms with Crippen molar-refractivity contribution in [2.75, 3.05) is 19.7 Å². The summed E-state index contributed by atoms with van der Waals surface area (Å²) in [6, 6.07) is 13.7. The number of aliphatic hydroxyl groups excluding tert-OH is 1. The van der Waals surface area contributed by atoms with Crippen molar-refractivity contribution >= 4 is 5.78 Å². The van der Waals surface area contributed by atoms with Crippen molar-refractivity contribution in [1.29, 1.82) is 0 Å². The number of hydrogen-bond acceptors (Lipinski definition) is 3. The second-order valence-electron chi connectivity index (χ2n) is 4.74. The van der Waals surface area contributed by atoms with Gasteiger partial charge in [0.1, 0.15) is 0 Å². The molecule has 0 unspecified atom stereocenters. The van der Waals surface area contributed by atoms with Gasteiger partial charge in [-0.05, 0) is 17.7 Å². The first kappa shape index (κ1) is 14.5. The summed E-state index contributed by atoms with van der Waals surface area (Å²) in [4.78, 5) is 17.0. The molecule has 4 heteroatoms. The van der Waals surface area contributed by atoms with Crippen LogP contribution in [0, 0.1) is 0 Å². The molecule has 1 aromatic carbocycles. The van der Waals surface area contributed by atoms with Crippen LogP contribution < -0.4 is 0 Å². The van der Waals surface area contributed by atoms with Gasteiger partial charge in [0.25, 0.3) is 0 Å². The number of aliphatic hydroxyl groups is 1. The van der Waals surface area contributed by atoms with E-state index >= 15 is 0 Å². The van der Waals surface area contributed by atoms with E-state index in [1.165, 1.54) is 5.56 Å².